The third-order valence-electron chi connectivity index (χ3n) is 5.00. The van der Waals surface area contributed by atoms with Gasteiger partial charge in [0.15, 0.2) is 11.5 Å². The van der Waals surface area contributed by atoms with Gasteiger partial charge < -0.3 is 19.4 Å². The number of benzene rings is 3. The molecule has 0 unspecified atom stereocenters. The SMILES string of the molecule is COc1cc(-c2cccc(NC(=O)OC(C)(C)C)c2)c(/C(C)=N/OCc2ccc(N=O)cc2)cc1O. The third kappa shape index (κ3) is 7.05. The molecule has 0 radical (unpaired) electrons. The number of phenols is 1. The topological polar surface area (TPSA) is 119 Å². The van der Waals surface area contributed by atoms with Gasteiger partial charge in [-0.2, -0.15) is 0 Å². The highest BCUT2D eigenvalue weighted by Gasteiger charge is 2.18. The molecule has 2 N–H and O–H groups in total. The van der Waals surface area contributed by atoms with Gasteiger partial charge in [-0.25, -0.2) is 4.79 Å². The van der Waals surface area contributed by atoms with Crippen LogP contribution < -0.4 is 10.1 Å². The van der Waals surface area contributed by atoms with Gasteiger partial charge in [-0.3, -0.25) is 5.32 Å². The second kappa shape index (κ2) is 11.4. The first-order chi connectivity index (χ1) is 17.1. The van der Waals surface area contributed by atoms with E-state index in [9.17, 15) is 14.8 Å². The fourth-order valence-corrected chi connectivity index (χ4v) is 3.36. The molecule has 0 saturated carbocycles. The molecule has 36 heavy (non-hydrogen) atoms. The number of amides is 1. The number of hydrogen-bond donors (Lipinski definition) is 2. The van der Waals surface area contributed by atoms with E-state index in [1.54, 1.807) is 82.3 Å². The van der Waals surface area contributed by atoms with Crippen LogP contribution in [0.2, 0.25) is 0 Å². The fraction of sp³-hybridized carbons (Fsp3) is 0.259. The highest BCUT2D eigenvalue weighted by molar-refractivity contribution is 6.05. The van der Waals surface area contributed by atoms with Crippen LogP contribution in [0.15, 0.2) is 71.0 Å². The molecule has 0 atom stereocenters. The number of nitroso groups, excluding NO2 is 1. The minimum absolute atomic E-state index is 0.0502. The average molecular weight is 492 g/mol. The van der Waals surface area contributed by atoms with Gasteiger partial charge in [0.25, 0.3) is 0 Å². The zero-order valence-electron chi connectivity index (χ0n) is 20.9. The fourth-order valence-electron chi connectivity index (χ4n) is 3.36. The Morgan fingerprint density at radius 3 is 2.42 bits per heavy atom. The van der Waals surface area contributed by atoms with Gasteiger partial charge >= 0.3 is 6.09 Å². The van der Waals surface area contributed by atoms with Crippen molar-refractivity contribution < 1.29 is 24.2 Å². The minimum atomic E-state index is -0.625. The zero-order chi connectivity index (χ0) is 26.3. The van der Waals surface area contributed by atoms with Crippen molar-refractivity contribution in [3.8, 4) is 22.6 Å². The van der Waals surface area contributed by atoms with E-state index in [2.05, 4.69) is 15.6 Å². The summed E-state index contributed by atoms with van der Waals surface area (Å²) in [6.07, 6.45) is -0.564. The number of ether oxygens (including phenoxy) is 2. The number of rotatable bonds is 8. The van der Waals surface area contributed by atoms with Crippen molar-refractivity contribution in [1.29, 1.82) is 0 Å². The summed E-state index contributed by atoms with van der Waals surface area (Å²) in [5.41, 5.74) is 3.66. The van der Waals surface area contributed by atoms with Gasteiger partial charge in [-0.05, 0) is 86.0 Å². The lowest BCUT2D eigenvalue weighted by molar-refractivity contribution is 0.0636. The lowest BCUT2D eigenvalue weighted by Crippen LogP contribution is -2.27. The molecule has 0 fully saturated rings. The highest BCUT2D eigenvalue weighted by atomic mass is 16.6. The van der Waals surface area contributed by atoms with E-state index in [0.717, 1.165) is 11.1 Å². The van der Waals surface area contributed by atoms with Crippen molar-refractivity contribution in [2.45, 2.75) is 39.9 Å². The molecule has 188 valence electrons. The van der Waals surface area contributed by atoms with Crippen LogP contribution in [0.25, 0.3) is 11.1 Å². The summed E-state index contributed by atoms with van der Waals surface area (Å²) in [6.45, 7) is 7.31. The van der Waals surface area contributed by atoms with E-state index >= 15 is 0 Å². The number of anilines is 1. The number of phenolic OH excluding ortho intramolecular Hbond substituents is 1. The first-order valence-corrected chi connectivity index (χ1v) is 11.2. The number of nitrogens with one attached hydrogen (secondary N) is 1. The van der Waals surface area contributed by atoms with Crippen LogP contribution in [0.5, 0.6) is 11.5 Å². The first-order valence-electron chi connectivity index (χ1n) is 11.2. The number of carbonyl (C=O) groups excluding carboxylic acids is 1. The van der Waals surface area contributed by atoms with E-state index in [1.807, 2.05) is 6.07 Å². The predicted molar refractivity (Wildman–Crippen MR) is 139 cm³/mol. The quantitative estimate of drug-likeness (QED) is 0.204. The normalized spacial score (nSPS) is 11.5. The summed E-state index contributed by atoms with van der Waals surface area (Å²) in [6, 6.07) is 17.1. The summed E-state index contributed by atoms with van der Waals surface area (Å²) >= 11 is 0. The molecule has 3 aromatic rings. The molecule has 0 aromatic heterocycles. The molecule has 0 heterocycles. The maximum atomic E-state index is 12.2. The van der Waals surface area contributed by atoms with Crippen molar-refractivity contribution in [3.63, 3.8) is 0 Å². The summed E-state index contributed by atoms with van der Waals surface area (Å²) in [4.78, 5) is 28.3. The third-order valence-corrected chi connectivity index (χ3v) is 5.00. The molecule has 0 spiro atoms. The zero-order valence-corrected chi connectivity index (χ0v) is 20.9. The second-order valence-corrected chi connectivity index (χ2v) is 8.99. The maximum absolute atomic E-state index is 12.2. The van der Waals surface area contributed by atoms with Gasteiger partial charge in [-0.15, -0.1) is 4.91 Å². The van der Waals surface area contributed by atoms with Gasteiger partial charge in [0.05, 0.1) is 12.8 Å². The maximum Gasteiger partial charge on any atom is 0.412 e. The number of methoxy groups -OCH3 is 1. The van der Waals surface area contributed by atoms with Crippen LogP contribution >= 0.6 is 0 Å². The van der Waals surface area contributed by atoms with Crippen molar-refractivity contribution in [2.75, 3.05) is 12.4 Å². The Hall–Kier alpha value is -4.40. The van der Waals surface area contributed by atoms with Gasteiger partial charge in [0.2, 0.25) is 0 Å². The molecule has 0 aliphatic carbocycles. The molecule has 9 heteroatoms. The van der Waals surface area contributed by atoms with Gasteiger partial charge in [0.1, 0.15) is 17.9 Å². The molecule has 0 aliphatic rings. The molecular formula is C27H29N3O6. The Bertz CT molecular complexity index is 1260. The number of nitrogens with zero attached hydrogens (tertiary/aromatic N) is 2. The van der Waals surface area contributed by atoms with Crippen molar-refractivity contribution >= 4 is 23.2 Å². The standard InChI is InChI=1S/C27H29N3O6/c1-17(30-35-16-18-9-11-20(29-33)12-10-18)22-14-24(31)25(34-5)15-23(22)19-7-6-8-21(13-19)28-26(32)36-27(2,3)4/h6-15,31H,16H2,1-5H3,(H,28,32)/b30-17+. The molecular weight excluding hydrogens is 462 g/mol. The number of hydrogen-bond acceptors (Lipinski definition) is 8. The Morgan fingerprint density at radius 2 is 1.78 bits per heavy atom. The summed E-state index contributed by atoms with van der Waals surface area (Å²) in [5, 5.41) is 20.2. The smallest absolute Gasteiger partial charge is 0.412 e. The summed E-state index contributed by atoms with van der Waals surface area (Å²) in [5.74, 6) is 0.239. The molecule has 1 amide bonds. The molecule has 0 aliphatic heterocycles. The van der Waals surface area contributed by atoms with Crippen molar-refractivity contribution in [2.24, 2.45) is 10.3 Å². The Balaban J connectivity index is 1.89. The first kappa shape index (κ1) is 26.2. The highest BCUT2D eigenvalue weighted by Crippen LogP contribution is 2.36. The van der Waals surface area contributed by atoms with E-state index in [4.69, 9.17) is 14.3 Å². The van der Waals surface area contributed by atoms with E-state index < -0.39 is 11.7 Å². The Kier molecular flexibility index (Phi) is 8.26. The predicted octanol–water partition coefficient (Wildman–Crippen LogP) is 6.75. The van der Waals surface area contributed by atoms with Crippen molar-refractivity contribution in [3.05, 3.63) is 76.7 Å². The molecule has 0 saturated heterocycles. The monoisotopic (exact) mass is 491 g/mol. The van der Waals surface area contributed by atoms with Crippen LogP contribution in [0, 0.1) is 4.91 Å². The molecule has 0 bridgehead atoms. The number of aromatic hydroxyl groups is 1. The molecule has 3 aromatic carbocycles. The van der Waals surface area contributed by atoms with Gasteiger partial charge in [0, 0.05) is 11.3 Å². The number of carbonyl (C=O) groups is 1. The van der Waals surface area contributed by atoms with Crippen molar-refractivity contribution in [1.82, 2.24) is 0 Å². The lowest BCUT2D eigenvalue weighted by Gasteiger charge is -2.20. The van der Waals surface area contributed by atoms with E-state index in [1.165, 1.54) is 7.11 Å². The van der Waals surface area contributed by atoms with Crippen LogP contribution in [-0.2, 0) is 16.2 Å². The van der Waals surface area contributed by atoms with Crippen LogP contribution in [0.1, 0.15) is 38.8 Å². The molecule has 3 rings (SSSR count). The summed E-state index contributed by atoms with van der Waals surface area (Å²) in [7, 11) is 1.47. The van der Waals surface area contributed by atoms with Crippen LogP contribution in [0.4, 0.5) is 16.2 Å². The second-order valence-electron chi connectivity index (χ2n) is 8.99. The Morgan fingerprint density at radius 1 is 1.06 bits per heavy atom. The molecule has 9 nitrogen and oxygen atoms in total. The van der Waals surface area contributed by atoms with Crippen LogP contribution in [-0.4, -0.2) is 29.6 Å². The lowest BCUT2D eigenvalue weighted by atomic mass is 9.96. The largest absolute Gasteiger partial charge is 0.504 e. The summed E-state index contributed by atoms with van der Waals surface area (Å²) < 4.78 is 10.6. The Labute approximate surface area is 209 Å². The minimum Gasteiger partial charge on any atom is -0.504 e. The average Bonchev–Trinajstić information content (AvgIpc) is 2.83. The van der Waals surface area contributed by atoms with E-state index in [0.29, 0.717) is 28.2 Å². The van der Waals surface area contributed by atoms with E-state index in [-0.39, 0.29) is 18.1 Å². The van der Waals surface area contributed by atoms with Crippen LogP contribution in [0.3, 0.4) is 0 Å². The van der Waals surface area contributed by atoms with Gasteiger partial charge in [-0.1, -0.05) is 29.4 Å². The number of oxime groups is 1.